The molecule has 0 fully saturated rings. The van der Waals surface area contributed by atoms with Crippen LogP contribution in [0.2, 0.25) is 0 Å². The molecule has 2 N–H and O–H groups in total. The molecule has 2 rings (SSSR count). The molecule has 0 unspecified atom stereocenters. The molecule has 122 valence electrons. The van der Waals surface area contributed by atoms with Gasteiger partial charge in [0.1, 0.15) is 5.82 Å². The smallest absolute Gasteiger partial charge is 0.329 e. The van der Waals surface area contributed by atoms with E-state index in [1.807, 2.05) is 18.4 Å². The predicted octanol–water partition coefficient (Wildman–Crippen LogP) is 0.635. The van der Waals surface area contributed by atoms with Gasteiger partial charge in [0.25, 0.3) is 5.56 Å². The lowest BCUT2D eigenvalue weighted by Gasteiger charge is -2.12. The van der Waals surface area contributed by atoms with Crippen molar-refractivity contribution in [3.05, 3.63) is 26.7 Å². The SMILES string of the molecule is CC(C)Cc1nc2c(c(=O)n(C)c(=O)n2C(C)C)n1CCN. The fourth-order valence-electron chi connectivity index (χ4n) is 2.72. The van der Waals surface area contributed by atoms with E-state index >= 15 is 0 Å². The van der Waals surface area contributed by atoms with Gasteiger partial charge in [-0.05, 0) is 19.8 Å². The summed E-state index contributed by atoms with van der Waals surface area (Å²) in [4.78, 5) is 29.6. The van der Waals surface area contributed by atoms with Gasteiger partial charge < -0.3 is 10.3 Å². The summed E-state index contributed by atoms with van der Waals surface area (Å²) in [6.07, 6.45) is 0.740. The van der Waals surface area contributed by atoms with Gasteiger partial charge in [-0.2, -0.15) is 0 Å². The second-order valence-electron chi connectivity index (χ2n) is 6.35. The Labute approximate surface area is 129 Å². The lowest BCUT2D eigenvalue weighted by atomic mass is 10.1. The molecule has 2 aromatic heterocycles. The second kappa shape index (κ2) is 6.08. The van der Waals surface area contributed by atoms with Crippen LogP contribution < -0.4 is 17.0 Å². The molecule has 0 bridgehead atoms. The van der Waals surface area contributed by atoms with Gasteiger partial charge in [0.05, 0.1) is 0 Å². The third-order valence-corrected chi connectivity index (χ3v) is 3.72. The van der Waals surface area contributed by atoms with Crippen LogP contribution in [0.4, 0.5) is 0 Å². The highest BCUT2D eigenvalue weighted by molar-refractivity contribution is 5.71. The standard InChI is InChI=1S/C15H25N5O2/c1-9(2)8-11-17-13-12(19(11)7-6-16)14(21)18(5)15(22)20(13)10(3)4/h9-10H,6-8,16H2,1-5H3. The topological polar surface area (TPSA) is 87.8 Å². The van der Waals surface area contributed by atoms with Gasteiger partial charge in [-0.3, -0.25) is 13.9 Å². The van der Waals surface area contributed by atoms with Gasteiger partial charge in [0.2, 0.25) is 0 Å². The fourth-order valence-corrected chi connectivity index (χ4v) is 2.72. The van der Waals surface area contributed by atoms with E-state index < -0.39 is 0 Å². The van der Waals surface area contributed by atoms with Crippen LogP contribution in [0, 0.1) is 5.92 Å². The zero-order chi connectivity index (χ0) is 16.6. The quantitative estimate of drug-likeness (QED) is 0.878. The van der Waals surface area contributed by atoms with Crippen LogP contribution in [0.15, 0.2) is 9.59 Å². The Morgan fingerprint density at radius 3 is 2.32 bits per heavy atom. The van der Waals surface area contributed by atoms with Crippen LogP contribution in [0.3, 0.4) is 0 Å². The van der Waals surface area contributed by atoms with Crippen LogP contribution in [0.5, 0.6) is 0 Å². The third kappa shape index (κ3) is 2.61. The highest BCUT2D eigenvalue weighted by atomic mass is 16.2. The van der Waals surface area contributed by atoms with E-state index in [9.17, 15) is 9.59 Å². The molecule has 2 aromatic rings. The monoisotopic (exact) mass is 307 g/mol. The van der Waals surface area contributed by atoms with E-state index in [2.05, 4.69) is 18.8 Å². The molecule has 0 radical (unpaired) electrons. The van der Waals surface area contributed by atoms with Crippen molar-refractivity contribution in [2.75, 3.05) is 6.54 Å². The number of nitrogens with zero attached hydrogens (tertiary/aromatic N) is 4. The second-order valence-corrected chi connectivity index (χ2v) is 6.35. The molecule has 0 saturated heterocycles. The van der Waals surface area contributed by atoms with Crippen LogP contribution in [0.25, 0.3) is 11.2 Å². The summed E-state index contributed by atoms with van der Waals surface area (Å²) >= 11 is 0. The Balaban J connectivity index is 2.94. The van der Waals surface area contributed by atoms with Crippen LogP contribution in [0.1, 0.15) is 39.6 Å². The van der Waals surface area contributed by atoms with E-state index in [1.54, 1.807) is 4.57 Å². The number of fused-ring (bicyclic) bond motifs is 1. The Bertz CT molecular complexity index is 795. The summed E-state index contributed by atoms with van der Waals surface area (Å²) in [6.45, 7) is 8.95. The van der Waals surface area contributed by atoms with E-state index in [0.717, 1.165) is 16.8 Å². The zero-order valence-electron chi connectivity index (χ0n) is 14.0. The third-order valence-electron chi connectivity index (χ3n) is 3.72. The summed E-state index contributed by atoms with van der Waals surface area (Å²) in [6, 6.07) is -0.0741. The maximum atomic E-state index is 12.6. The Morgan fingerprint density at radius 1 is 1.18 bits per heavy atom. The molecule has 0 aromatic carbocycles. The van der Waals surface area contributed by atoms with Gasteiger partial charge in [-0.15, -0.1) is 0 Å². The minimum absolute atomic E-state index is 0.0741. The molecule has 7 nitrogen and oxygen atoms in total. The Hall–Kier alpha value is -1.89. The van der Waals surface area contributed by atoms with E-state index in [0.29, 0.717) is 30.2 Å². The van der Waals surface area contributed by atoms with Crippen LogP contribution >= 0.6 is 0 Å². The summed E-state index contributed by atoms with van der Waals surface area (Å²) in [7, 11) is 1.50. The van der Waals surface area contributed by atoms with Gasteiger partial charge in [0, 0.05) is 32.6 Å². The molecule has 0 aliphatic carbocycles. The Kier molecular flexibility index (Phi) is 4.55. The van der Waals surface area contributed by atoms with Crippen molar-refractivity contribution in [3.8, 4) is 0 Å². The largest absolute Gasteiger partial charge is 0.332 e. The highest BCUT2D eigenvalue weighted by Crippen LogP contribution is 2.17. The molecule has 0 aliphatic heterocycles. The first-order valence-electron chi connectivity index (χ1n) is 7.70. The van der Waals surface area contributed by atoms with Crippen LogP contribution in [-0.2, 0) is 20.0 Å². The van der Waals surface area contributed by atoms with Gasteiger partial charge in [0.15, 0.2) is 11.2 Å². The number of hydrogen-bond acceptors (Lipinski definition) is 4. The van der Waals surface area contributed by atoms with Crippen molar-refractivity contribution < 1.29 is 0 Å². The average molecular weight is 307 g/mol. The molecule has 7 heteroatoms. The number of aromatic nitrogens is 4. The zero-order valence-corrected chi connectivity index (χ0v) is 14.0. The number of rotatable bonds is 5. The summed E-state index contributed by atoms with van der Waals surface area (Å²) in [5.41, 5.74) is 5.99. The molecule has 0 saturated carbocycles. The first kappa shape index (κ1) is 16.5. The van der Waals surface area contributed by atoms with Gasteiger partial charge in [-0.25, -0.2) is 9.78 Å². The maximum absolute atomic E-state index is 12.6. The molecule has 0 aliphatic rings. The molecular formula is C15H25N5O2. The average Bonchev–Trinajstić information content (AvgIpc) is 2.74. The minimum atomic E-state index is -0.332. The predicted molar refractivity (Wildman–Crippen MR) is 87.2 cm³/mol. The summed E-state index contributed by atoms with van der Waals surface area (Å²) < 4.78 is 4.60. The van der Waals surface area contributed by atoms with Crippen molar-refractivity contribution in [1.29, 1.82) is 0 Å². The lowest BCUT2D eigenvalue weighted by Crippen LogP contribution is -2.39. The normalized spacial score (nSPS) is 12.0. The molecule has 22 heavy (non-hydrogen) atoms. The first-order chi connectivity index (χ1) is 10.3. The van der Waals surface area contributed by atoms with Crippen molar-refractivity contribution in [2.45, 2.75) is 46.7 Å². The molecule has 0 amide bonds. The minimum Gasteiger partial charge on any atom is -0.329 e. The van der Waals surface area contributed by atoms with Gasteiger partial charge in [-0.1, -0.05) is 13.8 Å². The molecule has 0 spiro atoms. The van der Waals surface area contributed by atoms with Crippen LogP contribution in [-0.4, -0.2) is 25.2 Å². The number of imidazole rings is 1. The van der Waals surface area contributed by atoms with Crippen molar-refractivity contribution >= 4 is 11.2 Å². The highest BCUT2D eigenvalue weighted by Gasteiger charge is 2.21. The molecular weight excluding hydrogens is 282 g/mol. The summed E-state index contributed by atoms with van der Waals surface area (Å²) in [5, 5.41) is 0. The van der Waals surface area contributed by atoms with E-state index in [-0.39, 0.29) is 17.3 Å². The Morgan fingerprint density at radius 2 is 1.82 bits per heavy atom. The number of nitrogens with two attached hydrogens (primary N) is 1. The van der Waals surface area contributed by atoms with Crippen molar-refractivity contribution in [3.63, 3.8) is 0 Å². The molecule has 2 heterocycles. The molecule has 0 atom stereocenters. The maximum Gasteiger partial charge on any atom is 0.332 e. The van der Waals surface area contributed by atoms with Gasteiger partial charge >= 0.3 is 5.69 Å². The van der Waals surface area contributed by atoms with E-state index in [4.69, 9.17) is 5.73 Å². The van der Waals surface area contributed by atoms with E-state index in [1.165, 1.54) is 7.05 Å². The van der Waals surface area contributed by atoms with Crippen molar-refractivity contribution in [1.82, 2.24) is 18.7 Å². The number of hydrogen-bond donors (Lipinski definition) is 1. The first-order valence-corrected chi connectivity index (χ1v) is 7.70. The van der Waals surface area contributed by atoms with Crippen molar-refractivity contribution in [2.24, 2.45) is 18.7 Å². The fraction of sp³-hybridized carbons (Fsp3) is 0.667. The lowest BCUT2D eigenvalue weighted by molar-refractivity contribution is 0.551. The summed E-state index contributed by atoms with van der Waals surface area (Å²) in [5.74, 6) is 1.21.